The van der Waals surface area contributed by atoms with Gasteiger partial charge in [-0.05, 0) is 12.5 Å². The Morgan fingerprint density at radius 3 is 2.33 bits per heavy atom. The van der Waals surface area contributed by atoms with Crippen molar-refractivity contribution in [2.24, 2.45) is 0 Å². The number of rotatable bonds is 1. The molecule has 0 saturated heterocycles. The molecule has 2 N–H and O–H groups in total. The molecule has 0 bridgehead atoms. The molecule has 1 aromatic heterocycles. The van der Waals surface area contributed by atoms with E-state index in [0.717, 1.165) is 11.1 Å². The number of aromatic nitrogens is 2. The minimum Gasteiger partial charge on any atom is -0.313 e. The molecule has 0 aliphatic carbocycles. The van der Waals surface area contributed by atoms with E-state index in [0.29, 0.717) is 5.56 Å². The van der Waals surface area contributed by atoms with E-state index in [1.54, 1.807) is 0 Å². The molecule has 0 fully saturated rings. The van der Waals surface area contributed by atoms with Crippen LogP contribution in [-0.2, 0) is 0 Å². The van der Waals surface area contributed by atoms with Gasteiger partial charge in [-0.3, -0.25) is 9.78 Å². The van der Waals surface area contributed by atoms with E-state index in [-0.39, 0.29) is 5.56 Å². The molecule has 0 aliphatic heterocycles. The SMILES string of the molecule is Cc1ccc(-c2c[nH]c(=O)[nH]c2=O)cc1. The zero-order valence-electron chi connectivity index (χ0n) is 8.20. The van der Waals surface area contributed by atoms with E-state index in [1.807, 2.05) is 31.2 Å². The first-order valence-corrected chi connectivity index (χ1v) is 4.56. The van der Waals surface area contributed by atoms with Gasteiger partial charge in [0.1, 0.15) is 0 Å². The van der Waals surface area contributed by atoms with E-state index >= 15 is 0 Å². The van der Waals surface area contributed by atoms with Crippen LogP contribution in [0.2, 0.25) is 0 Å². The van der Waals surface area contributed by atoms with Crippen molar-refractivity contribution < 1.29 is 0 Å². The molecule has 2 aromatic rings. The Balaban J connectivity index is 2.59. The summed E-state index contributed by atoms with van der Waals surface area (Å²) in [7, 11) is 0. The van der Waals surface area contributed by atoms with Crippen molar-refractivity contribution in [1.82, 2.24) is 9.97 Å². The van der Waals surface area contributed by atoms with E-state index in [4.69, 9.17) is 0 Å². The second-order valence-corrected chi connectivity index (χ2v) is 3.35. The second kappa shape index (κ2) is 3.57. The fourth-order valence-electron chi connectivity index (χ4n) is 1.36. The van der Waals surface area contributed by atoms with Gasteiger partial charge >= 0.3 is 5.69 Å². The summed E-state index contributed by atoms with van der Waals surface area (Å²) in [4.78, 5) is 26.9. The fourth-order valence-corrected chi connectivity index (χ4v) is 1.36. The molecule has 0 spiro atoms. The van der Waals surface area contributed by atoms with Crippen LogP contribution in [0.1, 0.15) is 5.56 Å². The lowest BCUT2D eigenvalue weighted by molar-refractivity contribution is 1.04. The summed E-state index contributed by atoms with van der Waals surface area (Å²) in [6, 6.07) is 7.52. The van der Waals surface area contributed by atoms with Crippen molar-refractivity contribution >= 4 is 0 Å². The Hall–Kier alpha value is -2.10. The molecule has 0 unspecified atom stereocenters. The summed E-state index contributed by atoms with van der Waals surface area (Å²) in [6.07, 6.45) is 1.42. The monoisotopic (exact) mass is 202 g/mol. The number of aromatic amines is 2. The molecule has 76 valence electrons. The van der Waals surface area contributed by atoms with Crippen LogP contribution in [-0.4, -0.2) is 9.97 Å². The standard InChI is InChI=1S/C11H10N2O2/c1-7-2-4-8(5-3-7)9-6-12-11(15)13-10(9)14/h2-6H,1H3,(H2,12,13,14,15). The average molecular weight is 202 g/mol. The highest BCUT2D eigenvalue weighted by molar-refractivity contribution is 5.61. The van der Waals surface area contributed by atoms with Gasteiger partial charge in [0.25, 0.3) is 5.56 Å². The van der Waals surface area contributed by atoms with E-state index in [1.165, 1.54) is 6.20 Å². The van der Waals surface area contributed by atoms with Crippen molar-refractivity contribution in [1.29, 1.82) is 0 Å². The van der Waals surface area contributed by atoms with Crippen molar-refractivity contribution in [2.75, 3.05) is 0 Å². The predicted octanol–water partition coefficient (Wildman–Crippen LogP) is 1.04. The molecule has 4 nitrogen and oxygen atoms in total. The zero-order chi connectivity index (χ0) is 10.8. The van der Waals surface area contributed by atoms with Crippen molar-refractivity contribution in [2.45, 2.75) is 6.92 Å². The van der Waals surface area contributed by atoms with Crippen LogP contribution in [0.3, 0.4) is 0 Å². The molecule has 4 heteroatoms. The van der Waals surface area contributed by atoms with Gasteiger partial charge in [-0.2, -0.15) is 0 Å². The number of nitrogens with one attached hydrogen (secondary N) is 2. The summed E-state index contributed by atoms with van der Waals surface area (Å²) in [6.45, 7) is 1.97. The highest BCUT2D eigenvalue weighted by Crippen LogP contribution is 2.13. The Morgan fingerprint density at radius 1 is 1.07 bits per heavy atom. The number of aryl methyl sites for hydroxylation is 1. The molecule has 15 heavy (non-hydrogen) atoms. The van der Waals surface area contributed by atoms with Crippen LogP contribution in [0, 0.1) is 6.92 Å². The molecule has 2 rings (SSSR count). The van der Waals surface area contributed by atoms with Crippen molar-refractivity contribution in [3.8, 4) is 11.1 Å². The predicted molar refractivity (Wildman–Crippen MR) is 57.9 cm³/mol. The third-order valence-corrected chi connectivity index (χ3v) is 2.18. The Labute approximate surface area is 85.6 Å². The number of benzene rings is 1. The lowest BCUT2D eigenvalue weighted by atomic mass is 10.1. The largest absolute Gasteiger partial charge is 0.325 e. The van der Waals surface area contributed by atoms with Crippen LogP contribution in [0.4, 0.5) is 0 Å². The molecular weight excluding hydrogens is 192 g/mol. The van der Waals surface area contributed by atoms with Gasteiger partial charge in [0, 0.05) is 6.20 Å². The zero-order valence-corrected chi connectivity index (χ0v) is 8.20. The van der Waals surface area contributed by atoms with Gasteiger partial charge in [-0.15, -0.1) is 0 Å². The van der Waals surface area contributed by atoms with Gasteiger partial charge in [0.2, 0.25) is 0 Å². The maximum absolute atomic E-state index is 11.4. The van der Waals surface area contributed by atoms with Gasteiger partial charge < -0.3 is 4.98 Å². The molecular formula is C11H10N2O2. The Bertz CT molecular complexity index is 579. The third kappa shape index (κ3) is 1.88. The van der Waals surface area contributed by atoms with E-state index in [2.05, 4.69) is 9.97 Å². The quantitative estimate of drug-likeness (QED) is 0.725. The van der Waals surface area contributed by atoms with Crippen LogP contribution < -0.4 is 11.2 Å². The minimum absolute atomic E-state index is 0.373. The molecule has 1 aromatic carbocycles. The smallest absolute Gasteiger partial charge is 0.313 e. The van der Waals surface area contributed by atoms with Gasteiger partial charge in [-0.1, -0.05) is 29.8 Å². The summed E-state index contributed by atoms with van der Waals surface area (Å²) in [5.41, 5.74) is 1.52. The Kier molecular flexibility index (Phi) is 2.25. The minimum atomic E-state index is -0.490. The van der Waals surface area contributed by atoms with Crippen LogP contribution in [0.15, 0.2) is 40.1 Å². The van der Waals surface area contributed by atoms with Crippen LogP contribution in [0.25, 0.3) is 11.1 Å². The van der Waals surface area contributed by atoms with Crippen LogP contribution >= 0.6 is 0 Å². The first kappa shape index (κ1) is 9.45. The highest BCUT2D eigenvalue weighted by Gasteiger charge is 2.02. The molecule has 1 heterocycles. The average Bonchev–Trinajstić information content (AvgIpc) is 2.20. The molecule has 0 radical (unpaired) electrons. The molecule has 0 saturated carbocycles. The fraction of sp³-hybridized carbons (Fsp3) is 0.0909. The van der Waals surface area contributed by atoms with Gasteiger partial charge in [0.15, 0.2) is 0 Å². The lowest BCUT2D eigenvalue weighted by Gasteiger charge is -1.99. The van der Waals surface area contributed by atoms with E-state index < -0.39 is 5.69 Å². The van der Waals surface area contributed by atoms with Crippen molar-refractivity contribution in [3.05, 3.63) is 56.9 Å². The highest BCUT2D eigenvalue weighted by atomic mass is 16.2. The lowest BCUT2D eigenvalue weighted by Crippen LogP contribution is -2.22. The topological polar surface area (TPSA) is 65.7 Å². The number of hydrogen-bond donors (Lipinski definition) is 2. The molecule has 0 aliphatic rings. The van der Waals surface area contributed by atoms with E-state index in [9.17, 15) is 9.59 Å². The summed E-state index contributed by atoms with van der Waals surface area (Å²) in [5.74, 6) is 0. The number of H-pyrrole nitrogens is 2. The van der Waals surface area contributed by atoms with Gasteiger partial charge in [-0.25, -0.2) is 4.79 Å². The maximum Gasteiger partial charge on any atom is 0.325 e. The Morgan fingerprint density at radius 2 is 1.73 bits per heavy atom. The number of hydrogen-bond acceptors (Lipinski definition) is 2. The third-order valence-electron chi connectivity index (χ3n) is 2.18. The van der Waals surface area contributed by atoms with Gasteiger partial charge in [0.05, 0.1) is 5.56 Å². The summed E-state index contributed by atoms with van der Waals surface area (Å²) < 4.78 is 0. The first-order valence-electron chi connectivity index (χ1n) is 4.56. The summed E-state index contributed by atoms with van der Waals surface area (Å²) >= 11 is 0. The van der Waals surface area contributed by atoms with Crippen molar-refractivity contribution in [3.63, 3.8) is 0 Å². The molecule has 0 amide bonds. The first-order chi connectivity index (χ1) is 7.16. The van der Waals surface area contributed by atoms with Crippen LogP contribution in [0.5, 0.6) is 0 Å². The molecule has 0 atom stereocenters. The normalized spacial score (nSPS) is 10.2. The maximum atomic E-state index is 11.4. The summed E-state index contributed by atoms with van der Waals surface area (Å²) in [5, 5.41) is 0. The second-order valence-electron chi connectivity index (χ2n) is 3.35.